The summed E-state index contributed by atoms with van der Waals surface area (Å²) >= 11 is 0. The van der Waals surface area contributed by atoms with Crippen molar-refractivity contribution < 1.29 is 50.5 Å². The fourth-order valence-corrected chi connectivity index (χ4v) is 0.814. The van der Waals surface area contributed by atoms with E-state index >= 15 is 0 Å². The molecule has 0 aromatic heterocycles. The minimum absolute atomic E-state index is 0. The molecule has 1 aliphatic heterocycles. The van der Waals surface area contributed by atoms with Crippen LogP contribution in [0.2, 0.25) is 0 Å². The fraction of sp³-hybridized carbons (Fsp3) is 0.600. The van der Waals surface area contributed by atoms with Crippen LogP contribution in [0.1, 0.15) is 14.3 Å². The Morgan fingerprint density at radius 3 is 2.73 bits per heavy atom. The Morgan fingerprint density at radius 2 is 2.36 bits per heavy atom. The second-order valence-corrected chi connectivity index (χ2v) is 1.96. The zero-order valence-corrected chi connectivity index (χ0v) is 8.24. The van der Waals surface area contributed by atoms with Crippen molar-refractivity contribution in [2.75, 3.05) is 6.54 Å². The number of carbonyl (C=O) groups excluding carboxylic acids is 1. The topological polar surface area (TPSA) is 66.8 Å². The summed E-state index contributed by atoms with van der Waals surface area (Å²) in [7, 11) is 0. The van der Waals surface area contributed by atoms with Gasteiger partial charge in [0.2, 0.25) is 0 Å². The van der Waals surface area contributed by atoms with Crippen molar-refractivity contribution >= 4 is 12.1 Å². The normalized spacial score (nSPS) is 16.0. The molecule has 0 spiro atoms. The van der Waals surface area contributed by atoms with Crippen LogP contribution in [0, 0.1) is 0 Å². The Bertz CT molecular complexity index is 177. The Kier molecular flexibility index (Phi) is 4.48. The molecule has 1 heterocycles. The standard InChI is InChI=1S/C5H7NO4.Na.H/c7-4-2-1-3-6(4)10-5(8)9;;/h1-3H2,(H,8,9);;/q;+1;-1. The number of hydrogen-bond donors (Lipinski definition) is 1. The zero-order valence-electron chi connectivity index (χ0n) is 7.24. The molecule has 1 saturated heterocycles. The van der Waals surface area contributed by atoms with E-state index in [-0.39, 0.29) is 36.9 Å². The molecular weight excluding hydrogens is 161 g/mol. The van der Waals surface area contributed by atoms with Crippen molar-refractivity contribution in [3.05, 3.63) is 0 Å². The number of amides is 1. The molecule has 11 heavy (non-hydrogen) atoms. The van der Waals surface area contributed by atoms with Gasteiger partial charge in [-0.3, -0.25) is 4.79 Å². The predicted molar refractivity (Wildman–Crippen MR) is 31.2 cm³/mol. The van der Waals surface area contributed by atoms with E-state index in [1.165, 1.54) is 0 Å². The van der Waals surface area contributed by atoms with E-state index in [0.717, 1.165) is 5.06 Å². The van der Waals surface area contributed by atoms with Crippen molar-refractivity contribution in [1.29, 1.82) is 0 Å². The van der Waals surface area contributed by atoms with Crippen LogP contribution in [0.4, 0.5) is 4.79 Å². The number of rotatable bonds is 1. The van der Waals surface area contributed by atoms with Crippen LogP contribution in [0.3, 0.4) is 0 Å². The van der Waals surface area contributed by atoms with Crippen molar-refractivity contribution in [2.45, 2.75) is 12.8 Å². The van der Waals surface area contributed by atoms with Gasteiger partial charge in [0.15, 0.2) is 0 Å². The van der Waals surface area contributed by atoms with Crippen molar-refractivity contribution in [2.24, 2.45) is 0 Å². The molecule has 1 fully saturated rings. The Hall–Kier alpha value is -0.260. The first-order valence-corrected chi connectivity index (χ1v) is 2.91. The van der Waals surface area contributed by atoms with E-state index in [9.17, 15) is 9.59 Å². The Morgan fingerprint density at radius 1 is 1.73 bits per heavy atom. The fourth-order valence-electron chi connectivity index (χ4n) is 0.814. The molecule has 0 bridgehead atoms. The Labute approximate surface area is 87.0 Å². The largest absolute Gasteiger partial charge is 1.00 e. The monoisotopic (exact) mass is 169 g/mol. The molecule has 5 nitrogen and oxygen atoms in total. The minimum Gasteiger partial charge on any atom is -1.00 e. The van der Waals surface area contributed by atoms with Gasteiger partial charge in [0.25, 0.3) is 5.91 Å². The van der Waals surface area contributed by atoms with Crippen molar-refractivity contribution in [3.8, 4) is 0 Å². The first-order chi connectivity index (χ1) is 4.70. The number of hydrogen-bond acceptors (Lipinski definition) is 3. The first-order valence-electron chi connectivity index (χ1n) is 2.91. The van der Waals surface area contributed by atoms with Crippen LogP contribution in [0.5, 0.6) is 0 Å². The molecule has 0 aromatic carbocycles. The van der Waals surface area contributed by atoms with Crippen LogP contribution in [-0.4, -0.2) is 28.8 Å². The summed E-state index contributed by atoms with van der Waals surface area (Å²) in [5.74, 6) is -0.262. The summed E-state index contributed by atoms with van der Waals surface area (Å²) in [4.78, 5) is 24.7. The van der Waals surface area contributed by atoms with Gasteiger partial charge in [0.05, 0.1) is 6.54 Å². The maximum Gasteiger partial charge on any atom is 1.00 e. The third-order valence-electron chi connectivity index (χ3n) is 1.22. The van der Waals surface area contributed by atoms with Gasteiger partial charge in [0, 0.05) is 6.42 Å². The second kappa shape index (κ2) is 4.58. The maximum absolute atomic E-state index is 10.6. The predicted octanol–water partition coefficient (Wildman–Crippen LogP) is -2.67. The summed E-state index contributed by atoms with van der Waals surface area (Å²) in [5, 5.41) is 8.94. The molecule has 0 aromatic rings. The molecular formula is C5H8NNaO4. The molecule has 1 N–H and O–H groups in total. The molecule has 0 saturated carbocycles. The first kappa shape index (κ1) is 10.7. The molecule has 0 unspecified atom stereocenters. The van der Waals surface area contributed by atoms with Crippen molar-refractivity contribution in [3.63, 3.8) is 0 Å². The third-order valence-corrected chi connectivity index (χ3v) is 1.22. The van der Waals surface area contributed by atoms with Crippen LogP contribution in [0.25, 0.3) is 0 Å². The van der Waals surface area contributed by atoms with Gasteiger partial charge in [0.1, 0.15) is 0 Å². The SMILES string of the molecule is O=C(O)ON1CCCC1=O.[H-].[Na+]. The maximum atomic E-state index is 10.6. The Balaban J connectivity index is 0. The second-order valence-electron chi connectivity index (χ2n) is 1.96. The van der Waals surface area contributed by atoms with E-state index < -0.39 is 6.16 Å². The zero-order chi connectivity index (χ0) is 7.56. The summed E-state index contributed by atoms with van der Waals surface area (Å²) in [6, 6.07) is 0. The number of carbonyl (C=O) groups is 2. The summed E-state index contributed by atoms with van der Waals surface area (Å²) in [5.41, 5.74) is 0. The van der Waals surface area contributed by atoms with Crippen LogP contribution >= 0.6 is 0 Å². The van der Waals surface area contributed by atoms with Gasteiger partial charge < -0.3 is 11.4 Å². The van der Waals surface area contributed by atoms with Gasteiger partial charge in [-0.1, -0.05) is 0 Å². The molecule has 58 valence electrons. The van der Waals surface area contributed by atoms with Gasteiger partial charge in [-0.25, -0.2) is 4.79 Å². The quantitative estimate of drug-likeness (QED) is 0.435. The number of carboxylic acid groups (broad SMARTS) is 1. The molecule has 6 heteroatoms. The van der Waals surface area contributed by atoms with Crippen LogP contribution in [-0.2, 0) is 9.63 Å². The summed E-state index contributed by atoms with van der Waals surface area (Å²) in [6.07, 6.45) is -0.380. The van der Waals surface area contributed by atoms with Gasteiger partial charge in [-0.05, 0) is 6.42 Å². The van der Waals surface area contributed by atoms with E-state index in [4.69, 9.17) is 5.11 Å². The average Bonchev–Trinajstić information content (AvgIpc) is 2.15. The van der Waals surface area contributed by atoms with Gasteiger partial charge in [-0.2, -0.15) is 5.06 Å². The summed E-state index contributed by atoms with van der Waals surface area (Å²) < 4.78 is 0. The van der Waals surface area contributed by atoms with E-state index in [1.54, 1.807) is 0 Å². The average molecular weight is 169 g/mol. The van der Waals surface area contributed by atoms with E-state index in [1.807, 2.05) is 0 Å². The molecule has 0 radical (unpaired) electrons. The van der Waals surface area contributed by atoms with Crippen molar-refractivity contribution in [1.82, 2.24) is 5.06 Å². The van der Waals surface area contributed by atoms with E-state index in [2.05, 4.69) is 4.84 Å². The van der Waals surface area contributed by atoms with Crippen LogP contribution in [0.15, 0.2) is 0 Å². The molecule has 0 atom stereocenters. The van der Waals surface area contributed by atoms with Crippen LogP contribution < -0.4 is 29.6 Å². The minimum atomic E-state index is -1.43. The molecule has 1 amide bonds. The number of hydroxylamine groups is 2. The summed E-state index contributed by atoms with van der Waals surface area (Å²) in [6.45, 7) is 0.380. The molecule has 0 aliphatic carbocycles. The third kappa shape index (κ3) is 3.09. The number of nitrogens with zero attached hydrogens (tertiary/aromatic N) is 1. The smallest absolute Gasteiger partial charge is 1.00 e. The molecule has 1 rings (SSSR count). The molecule has 1 aliphatic rings. The van der Waals surface area contributed by atoms with Gasteiger partial charge in [-0.15, -0.1) is 0 Å². The van der Waals surface area contributed by atoms with E-state index in [0.29, 0.717) is 19.4 Å². The van der Waals surface area contributed by atoms with Gasteiger partial charge >= 0.3 is 35.7 Å².